The molecule has 0 saturated heterocycles. The normalized spacial score (nSPS) is 14.9. The third kappa shape index (κ3) is 5.39. The zero-order valence-corrected chi connectivity index (χ0v) is 22.2. The molecule has 0 saturated carbocycles. The Balaban J connectivity index is 1.81. The van der Waals surface area contributed by atoms with Crippen LogP contribution in [0.5, 0.6) is 17.2 Å². The zero-order chi connectivity index (χ0) is 27.6. The van der Waals surface area contributed by atoms with E-state index in [2.05, 4.69) is 5.32 Å². The van der Waals surface area contributed by atoms with Gasteiger partial charge in [-0.3, -0.25) is 4.79 Å². The smallest absolute Gasteiger partial charge is 0.251 e. The summed E-state index contributed by atoms with van der Waals surface area (Å²) >= 11 is 0. The number of aryl methyl sites for hydroxylation is 1. The fourth-order valence-corrected chi connectivity index (χ4v) is 4.54. The number of aliphatic hydroxyl groups is 2. The number of ether oxygens (including phenoxy) is 3. The second kappa shape index (κ2) is 10.9. The summed E-state index contributed by atoms with van der Waals surface area (Å²) in [6.07, 6.45) is -0.999. The summed E-state index contributed by atoms with van der Waals surface area (Å²) in [7, 11) is 3.26. The number of aliphatic hydroxyl groups excluding tert-OH is 2. The Morgan fingerprint density at radius 1 is 1.05 bits per heavy atom. The van der Waals surface area contributed by atoms with E-state index in [-0.39, 0.29) is 19.1 Å². The summed E-state index contributed by atoms with van der Waals surface area (Å²) < 4.78 is 31.3. The van der Waals surface area contributed by atoms with Gasteiger partial charge in [-0.2, -0.15) is 0 Å². The Bertz CT molecular complexity index is 1340. The SMILES string of the molecule is COc1cc(OC[C@H](O)CO)ccc1-c1ccc2c(c1COc1cc(F)ccc1C)N(C)C(=O)C(C)(C)N2. The van der Waals surface area contributed by atoms with Crippen molar-refractivity contribution in [1.82, 2.24) is 0 Å². The van der Waals surface area contributed by atoms with Gasteiger partial charge in [0, 0.05) is 30.3 Å². The van der Waals surface area contributed by atoms with Crippen molar-refractivity contribution in [3.63, 3.8) is 0 Å². The van der Waals surface area contributed by atoms with Crippen LogP contribution in [0.4, 0.5) is 15.8 Å². The van der Waals surface area contributed by atoms with Gasteiger partial charge >= 0.3 is 0 Å². The van der Waals surface area contributed by atoms with Crippen LogP contribution in [0.1, 0.15) is 25.0 Å². The van der Waals surface area contributed by atoms with Gasteiger partial charge in [0.1, 0.15) is 47.9 Å². The predicted octanol–water partition coefficient (Wildman–Crippen LogP) is 4.29. The Morgan fingerprint density at radius 2 is 1.79 bits per heavy atom. The maximum absolute atomic E-state index is 14.0. The van der Waals surface area contributed by atoms with Crippen LogP contribution in [0.15, 0.2) is 48.5 Å². The van der Waals surface area contributed by atoms with E-state index in [0.717, 1.165) is 22.4 Å². The highest BCUT2D eigenvalue weighted by Crippen LogP contribution is 2.45. The first-order valence-corrected chi connectivity index (χ1v) is 12.3. The Hall–Kier alpha value is -3.82. The van der Waals surface area contributed by atoms with Crippen LogP contribution in [-0.2, 0) is 11.4 Å². The van der Waals surface area contributed by atoms with Crippen molar-refractivity contribution in [3.05, 3.63) is 65.5 Å². The van der Waals surface area contributed by atoms with Gasteiger partial charge in [-0.1, -0.05) is 12.1 Å². The van der Waals surface area contributed by atoms with Crippen LogP contribution in [0.2, 0.25) is 0 Å². The molecule has 1 aliphatic rings. The topological polar surface area (TPSA) is 100 Å². The number of amides is 1. The summed E-state index contributed by atoms with van der Waals surface area (Å²) in [5, 5.41) is 22.0. The number of benzene rings is 3. The van der Waals surface area contributed by atoms with E-state index in [1.54, 1.807) is 30.1 Å². The summed E-state index contributed by atoms with van der Waals surface area (Å²) in [5.74, 6) is 0.857. The van der Waals surface area contributed by atoms with Crippen LogP contribution in [0, 0.1) is 12.7 Å². The van der Waals surface area contributed by atoms with Crippen molar-refractivity contribution >= 4 is 17.3 Å². The number of halogens is 1. The molecule has 0 unspecified atom stereocenters. The molecule has 202 valence electrons. The number of anilines is 2. The Labute approximate surface area is 221 Å². The van der Waals surface area contributed by atoms with Crippen LogP contribution in [0.3, 0.4) is 0 Å². The fraction of sp³-hybridized carbons (Fsp3) is 0.345. The third-order valence-corrected chi connectivity index (χ3v) is 6.54. The Morgan fingerprint density at radius 3 is 2.50 bits per heavy atom. The number of carbonyl (C=O) groups is 1. The molecule has 1 amide bonds. The lowest BCUT2D eigenvalue weighted by atomic mass is 9.91. The molecular formula is C29H33FN2O6. The average Bonchev–Trinajstić information content (AvgIpc) is 2.90. The molecule has 3 N–H and O–H groups in total. The van der Waals surface area contributed by atoms with E-state index in [1.165, 1.54) is 19.2 Å². The molecule has 8 nitrogen and oxygen atoms in total. The number of rotatable bonds is 9. The minimum Gasteiger partial charge on any atom is -0.496 e. The van der Waals surface area contributed by atoms with Gasteiger partial charge in [0.2, 0.25) is 0 Å². The first kappa shape index (κ1) is 27.2. The number of nitrogens with one attached hydrogen (secondary N) is 1. The van der Waals surface area contributed by atoms with Crippen LogP contribution in [0.25, 0.3) is 11.1 Å². The maximum Gasteiger partial charge on any atom is 0.251 e. The van der Waals surface area contributed by atoms with Gasteiger partial charge in [0.05, 0.1) is 25.1 Å². The minimum absolute atomic E-state index is 0.0621. The van der Waals surface area contributed by atoms with Gasteiger partial charge in [-0.05, 0) is 56.2 Å². The lowest BCUT2D eigenvalue weighted by Crippen LogP contribution is -2.52. The quantitative estimate of drug-likeness (QED) is 0.384. The van der Waals surface area contributed by atoms with E-state index >= 15 is 0 Å². The lowest BCUT2D eigenvalue weighted by Gasteiger charge is -2.39. The number of nitrogens with zero attached hydrogens (tertiary/aromatic N) is 1. The van der Waals surface area contributed by atoms with Gasteiger partial charge in [-0.25, -0.2) is 4.39 Å². The fourth-order valence-electron chi connectivity index (χ4n) is 4.54. The zero-order valence-electron chi connectivity index (χ0n) is 22.2. The van der Waals surface area contributed by atoms with E-state index in [4.69, 9.17) is 19.3 Å². The number of hydrogen-bond acceptors (Lipinski definition) is 7. The molecule has 0 aromatic heterocycles. The summed E-state index contributed by atoms with van der Waals surface area (Å²) in [6.45, 7) is 5.07. The molecule has 0 aliphatic carbocycles. The summed E-state index contributed by atoms with van der Waals surface area (Å²) in [6, 6.07) is 13.5. The first-order chi connectivity index (χ1) is 18.1. The number of carbonyl (C=O) groups excluding carboxylic acids is 1. The molecule has 0 bridgehead atoms. The van der Waals surface area contributed by atoms with Crippen molar-refractivity contribution in [2.24, 2.45) is 0 Å². The van der Waals surface area contributed by atoms with E-state index < -0.39 is 24.1 Å². The summed E-state index contributed by atoms with van der Waals surface area (Å²) in [5.41, 5.74) is 3.62. The molecule has 0 spiro atoms. The molecule has 1 atom stereocenters. The number of hydrogen-bond donors (Lipinski definition) is 3. The lowest BCUT2D eigenvalue weighted by molar-refractivity contribution is -0.121. The maximum atomic E-state index is 14.0. The van der Waals surface area contributed by atoms with Gasteiger partial charge in [0.25, 0.3) is 5.91 Å². The molecule has 38 heavy (non-hydrogen) atoms. The molecule has 9 heteroatoms. The molecule has 0 fully saturated rings. The van der Waals surface area contributed by atoms with Crippen molar-refractivity contribution in [3.8, 4) is 28.4 Å². The van der Waals surface area contributed by atoms with E-state index in [9.17, 15) is 14.3 Å². The molecular weight excluding hydrogens is 491 g/mol. The molecule has 4 rings (SSSR count). The molecule has 0 radical (unpaired) electrons. The Kier molecular flexibility index (Phi) is 7.80. The van der Waals surface area contributed by atoms with Gasteiger partial charge in [-0.15, -0.1) is 0 Å². The van der Waals surface area contributed by atoms with Crippen molar-refractivity contribution in [2.45, 2.75) is 39.0 Å². The highest BCUT2D eigenvalue weighted by atomic mass is 19.1. The first-order valence-electron chi connectivity index (χ1n) is 12.3. The van der Waals surface area contributed by atoms with E-state index in [1.807, 2.05) is 39.0 Å². The second-order valence-corrected chi connectivity index (χ2v) is 9.81. The van der Waals surface area contributed by atoms with Crippen molar-refractivity contribution < 1.29 is 33.6 Å². The van der Waals surface area contributed by atoms with Crippen LogP contribution < -0.4 is 24.4 Å². The number of methoxy groups -OCH3 is 1. The highest BCUT2D eigenvalue weighted by Gasteiger charge is 2.38. The van der Waals surface area contributed by atoms with Crippen molar-refractivity contribution in [1.29, 1.82) is 0 Å². The highest BCUT2D eigenvalue weighted by molar-refractivity contribution is 6.08. The minimum atomic E-state index is -0.999. The monoisotopic (exact) mass is 524 g/mol. The average molecular weight is 525 g/mol. The third-order valence-electron chi connectivity index (χ3n) is 6.54. The van der Waals surface area contributed by atoms with Gasteiger partial charge in [0.15, 0.2) is 0 Å². The summed E-state index contributed by atoms with van der Waals surface area (Å²) in [4.78, 5) is 14.8. The van der Waals surface area contributed by atoms with E-state index in [0.29, 0.717) is 28.5 Å². The molecule has 3 aromatic rings. The molecule has 1 heterocycles. The number of likely N-dealkylation sites (N-methyl/N-ethyl adjacent to an activating group) is 1. The van der Waals surface area contributed by atoms with Crippen LogP contribution in [-0.4, -0.2) is 55.1 Å². The number of fused-ring (bicyclic) bond motifs is 1. The standard InChI is InChI=1S/C29H33FN2O6/c1-17-6-7-18(30)12-25(17)38-16-23-21(10-11-24-27(23)32(4)28(35)29(2,3)31-24)22-9-8-20(13-26(22)36-5)37-15-19(34)14-33/h6-13,19,31,33-34H,14-16H2,1-5H3/t19-/m1/s1. The second-order valence-electron chi connectivity index (χ2n) is 9.81. The largest absolute Gasteiger partial charge is 0.496 e. The predicted molar refractivity (Wildman–Crippen MR) is 144 cm³/mol. The van der Waals surface area contributed by atoms with Crippen molar-refractivity contribution in [2.75, 3.05) is 37.6 Å². The van der Waals surface area contributed by atoms with Crippen LogP contribution >= 0.6 is 0 Å². The van der Waals surface area contributed by atoms with Gasteiger partial charge < -0.3 is 34.6 Å². The molecule has 1 aliphatic heterocycles. The molecule has 3 aromatic carbocycles.